The first-order valence-electron chi connectivity index (χ1n) is 7.15. The predicted molar refractivity (Wildman–Crippen MR) is 79.8 cm³/mol. The van der Waals surface area contributed by atoms with Gasteiger partial charge in [-0.3, -0.25) is 15.0 Å². The summed E-state index contributed by atoms with van der Waals surface area (Å²) in [7, 11) is 1.95. The quantitative estimate of drug-likeness (QED) is 0.631. The van der Waals surface area contributed by atoms with Crippen LogP contribution in [-0.2, 0) is 12.7 Å². The number of benzene rings is 1. The zero-order chi connectivity index (χ0) is 17.2. The summed E-state index contributed by atoms with van der Waals surface area (Å²) in [6.07, 6.45) is -2.74. The van der Waals surface area contributed by atoms with Gasteiger partial charge in [0.2, 0.25) is 0 Å². The Hall–Kier alpha value is -2.09. The highest BCUT2D eigenvalue weighted by atomic mass is 19.4. The largest absolute Gasteiger partial charge is 0.416 e. The first-order valence-corrected chi connectivity index (χ1v) is 7.15. The molecule has 0 radical (unpaired) electrons. The molecule has 0 amide bonds. The molecule has 1 aromatic rings. The maximum Gasteiger partial charge on any atom is 0.416 e. The molecule has 0 unspecified atom stereocenters. The Labute approximate surface area is 132 Å². The van der Waals surface area contributed by atoms with Crippen molar-refractivity contribution in [2.45, 2.75) is 19.6 Å². The van der Waals surface area contributed by atoms with Gasteiger partial charge < -0.3 is 4.90 Å². The van der Waals surface area contributed by atoms with Crippen LogP contribution in [0.1, 0.15) is 18.1 Å². The molecule has 1 saturated heterocycles. The lowest BCUT2D eigenvalue weighted by molar-refractivity contribution is -0.385. The summed E-state index contributed by atoms with van der Waals surface area (Å²) in [4.78, 5) is 13.9. The van der Waals surface area contributed by atoms with Gasteiger partial charge in [-0.1, -0.05) is 6.08 Å². The first-order chi connectivity index (χ1) is 10.7. The van der Waals surface area contributed by atoms with E-state index in [1.165, 1.54) is 6.07 Å². The molecular formula is C15H18F3N3O2. The van der Waals surface area contributed by atoms with Gasteiger partial charge in [-0.2, -0.15) is 13.2 Å². The number of likely N-dealkylation sites (N-methyl/N-ethyl adjacent to an activating group) is 1. The second-order valence-corrected chi connectivity index (χ2v) is 5.54. The van der Waals surface area contributed by atoms with E-state index in [9.17, 15) is 23.3 Å². The Bertz CT molecular complexity index is 629. The fourth-order valence-electron chi connectivity index (χ4n) is 2.63. The van der Waals surface area contributed by atoms with Gasteiger partial charge in [-0.25, -0.2) is 0 Å². The number of alkyl halides is 3. The number of hydrogen-bond acceptors (Lipinski definition) is 4. The van der Waals surface area contributed by atoms with E-state index in [1.807, 2.05) is 24.9 Å². The van der Waals surface area contributed by atoms with Crippen molar-refractivity contribution in [3.63, 3.8) is 0 Å². The predicted octanol–water partition coefficient (Wildman–Crippen LogP) is 3.26. The van der Waals surface area contributed by atoms with E-state index in [2.05, 4.69) is 4.90 Å². The number of allylic oxidation sites excluding steroid dienone is 1. The van der Waals surface area contributed by atoms with Crippen molar-refractivity contribution in [2.24, 2.45) is 0 Å². The summed E-state index contributed by atoms with van der Waals surface area (Å²) in [5.74, 6) is 0. The Morgan fingerprint density at radius 3 is 2.61 bits per heavy atom. The van der Waals surface area contributed by atoms with E-state index in [4.69, 9.17) is 0 Å². The monoisotopic (exact) mass is 329 g/mol. The van der Waals surface area contributed by atoms with Crippen LogP contribution in [0, 0.1) is 10.1 Å². The topological polar surface area (TPSA) is 49.6 Å². The molecule has 1 aliphatic heterocycles. The number of nitrogens with zero attached hydrogens (tertiary/aromatic N) is 3. The van der Waals surface area contributed by atoms with E-state index in [1.54, 1.807) is 0 Å². The minimum absolute atomic E-state index is 0.0482. The molecule has 1 aliphatic rings. The van der Waals surface area contributed by atoms with Gasteiger partial charge in [0.1, 0.15) is 0 Å². The van der Waals surface area contributed by atoms with E-state index in [-0.39, 0.29) is 12.1 Å². The van der Waals surface area contributed by atoms with Gasteiger partial charge >= 0.3 is 6.18 Å². The zero-order valence-corrected chi connectivity index (χ0v) is 12.9. The minimum Gasteiger partial charge on any atom is -0.368 e. The zero-order valence-electron chi connectivity index (χ0n) is 12.9. The lowest BCUT2D eigenvalue weighted by atomic mass is 10.0. The molecular weight excluding hydrogens is 311 g/mol. The molecule has 0 saturated carbocycles. The highest BCUT2D eigenvalue weighted by Crippen LogP contribution is 2.35. The summed E-state index contributed by atoms with van der Waals surface area (Å²) in [6, 6.07) is 2.93. The molecule has 1 heterocycles. The Balaban J connectivity index is 2.34. The Morgan fingerprint density at radius 1 is 1.35 bits per heavy atom. The Kier molecular flexibility index (Phi) is 4.93. The van der Waals surface area contributed by atoms with Gasteiger partial charge in [-0.15, -0.1) is 0 Å². The van der Waals surface area contributed by atoms with Crippen LogP contribution in [-0.4, -0.2) is 41.4 Å². The van der Waals surface area contributed by atoms with Crippen LogP contribution >= 0.6 is 0 Å². The third-order valence-corrected chi connectivity index (χ3v) is 3.89. The molecule has 1 aromatic carbocycles. The van der Waals surface area contributed by atoms with Crippen molar-refractivity contribution in [3.05, 3.63) is 51.2 Å². The summed E-state index contributed by atoms with van der Waals surface area (Å²) in [5, 5.41) is 10.7. The van der Waals surface area contributed by atoms with Crippen molar-refractivity contribution in [1.82, 2.24) is 9.80 Å². The SMILES string of the molecule is CC=C1CN(C)CCN1Cc1ccc([N+](=O)[O-])cc1C(F)(F)F. The lowest BCUT2D eigenvalue weighted by Crippen LogP contribution is -2.42. The number of piperazine rings is 1. The van der Waals surface area contributed by atoms with Crippen molar-refractivity contribution < 1.29 is 18.1 Å². The van der Waals surface area contributed by atoms with Crippen molar-refractivity contribution in [1.29, 1.82) is 0 Å². The van der Waals surface area contributed by atoms with Gasteiger partial charge in [0.15, 0.2) is 0 Å². The first kappa shape index (κ1) is 17.3. The van der Waals surface area contributed by atoms with Gasteiger partial charge in [0.25, 0.3) is 5.69 Å². The molecule has 0 atom stereocenters. The molecule has 126 valence electrons. The molecule has 0 bridgehead atoms. The molecule has 0 aromatic heterocycles. The molecule has 1 fully saturated rings. The van der Waals surface area contributed by atoms with Crippen LogP contribution in [0.2, 0.25) is 0 Å². The van der Waals surface area contributed by atoms with Crippen LogP contribution < -0.4 is 0 Å². The number of halogens is 3. The third-order valence-electron chi connectivity index (χ3n) is 3.89. The molecule has 5 nitrogen and oxygen atoms in total. The minimum atomic E-state index is -4.62. The maximum absolute atomic E-state index is 13.2. The summed E-state index contributed by atoms with van der Waals surface area (Å²) >= 11 is 0. The van der Waals surface area contributed by atoms with E-state index in [0.29, 0.717) is 19.2 Å². The molecule has 23 heavy (non-hydrogen) atoms. The average Bonchev–Trinajstić information content (AvgIpc) is 2.48. The van der Waals surface area contributed by atoms with E-state index >= 15 is 0 Å². The van der Waals surface area contributed by atoms with Crippen LogP contribution in [0.4, 0.5) is 18.9 Å². The number of non-ortho nitro benzene ring substituents is 1. The lowest BCUT2D eigenvalue weighted by Gasteiger charge is -2.37. The Morgan fingerprint density at radius 2 is 2.04 bits per heavy atom. The standard InChI is InChI=1S/C15H18F3N3O2/c1-3-12-10-19(2)6-7-20(12)9-11-4-5-13(21(22)23)8-14(11)15(16,17)18/h3-5,8H,6-7,9-10H2,1-2H3. The normalized spacial score (nSPS) is 18.5. The smallest absolute Gasteiger partial charge is 0.368 e. The second-order valence-electron chi connectivity index (χ2n) is 5.54. The van der Waals surface area contributed by atoms with Gasteiger partial charge in [-0.05, 0) is 25.6 Å². The van der Waals surface area contributed by atoms with Crippen molar-refractivity contribution >= 4 is 5.69 Å². The number of nitro benzene ring substituents is 1. The van der Waals surface area contributed by atoms with Crippen LogP contribution in [0.15, 0.2) is 30.0 Å². The fraction of sp³-hybridized carbons (Fsp3) is 0.467. The third kappa shape index (κ3) is 4.01. The highest BCUT2D eigenvalue weighted by Gasteiger charge is 2.35. The second kappa shape index (κ2) is 6.57. The summed E-state index contributed by atoms with van der Waals surface area (Å²) in [6.45, 7) is 3.98. The average molecular weight is 329 g/mol. The summed E-state index contributed by atoms with van der Waals surface area (Å²) < 4.78 is 39.7. The van der Waals surface area contributed by atoms with Crippen LogP contribution in [0.25, 0.3) is 0 Å². The number of nitro groups is 1. The molecule has 8 heteroatoms. The van der Waals surface area contributed by atoms with Gasteiger partial charge in [0.05, 0.1) is 10.5 Å². The number of rotatable bonds is 3. The molecule has 0 N–H and O–H groups in total. The molecule has 0 spiro atoms. The van der Waals surface area contributed by atoms with Crippen molar-refractivity contribution in [3.8, 4) is 0 Å². The van der Waals surface area contributed by atoms with Crippen LogP contribution in [0.3, 0.4) is 0 Å². The highest BCUT2D eigenvalue weighted by molar-refractivity contribution is 5.41. The maximum atomic E-state index is 13.2. The number of hydrogen-bond donors (Lipinski definition) is 0. The van der Waals surface area contributed by atoms with Gasteiger partial charge in [0, 0.05) is 44.0 Å². The molecule has 2 rings (SSSR count). The fourth-order valence-corrected chi connectivity index (χ4v) is 2.63. The van der Waals surface area contributed by atoms with Crippen LogP contribution in [0.5, 0.6) is 0 Å². The van der Waals surface area contributed by atoms with E-state index < -0.39 is 22.4 Å². The van der Waals surface area contributed by atoms with Crippen molar-refractivity contribution in [2.75, 3.05) is 26.7 Å². The molecule has 0 aliphatic carbocycles. The van der Waals surface area contributed by atoms with E-state index in [0.717, 1.165) is 18.3 Å². The summed E-state index contributed by atoms with van der Waals surface area (Å²) in [5.41, 5.74) is -0.496.